The summed E-state index contributed by atoms with van der Waals surface area (Å²) in [4.78, 5) is 23.6. The molecule has 1 fully saturated rings. The largest absolute Gasteiger partial charge is 0.492 e. The van der Waals surface area contributed by atoms with E-state index in [2.05, 4.69) is 20.2 Å². The molecule has 0 spiro atoms. The molecule has 0 aliphatic carbocycles. The van der Waals surface area contributed by atoms with Crippen LogP contribution < -0.4 is 20.7 Å². The molecule has 2 aromatic heterocycles. The first-order valence-corrected chi connectivity index (χ1v) is 10.9. The first-order valence-electron chi connectivity index (χ1n) is 10.9. The van der Waals surface area contributed by atoms with Gasteiger partial charge >= 0.3 is 0 Å². The first-order chi connectivity index (χ1) is 15.5. The van der Waals surface area contributed by atoms with Gasteiger partial charge in [0.2, 0.25) is 0 Å². The Morgan fingerprint density at radius 3 is 2.91 bits per heavy atom. The lowest BCUT2D eigenvalue weighted by molar-refractivity contribution is 0.0257. The summed E-state index contributed by atoms with van der Waals surface area (Å²) in [5.74, 6) is 0.443. The minimum absolute atomic E-state index is 0.175. The molecule has 4 N–H and O–H groups in total. The van der Waals surface area contributed by atoms with Gasteiger partial charge in [0.25, 0.3) is 5.91 Å². The van der Waals surface area contributed by atoms with E-state index in [9.17, 15) is 9.90 Å². The van der Waals surface area contributed by atoms with Crippen LogP contribution in [0.1, 0.15) is 28.9 Å². The van der Waals surface area contributed by atoms with Gasteiger partial charge in [-0.2, -0.15) is 0 Å². The third-order valence-corrected chi connectivity index (χ3v) is 5.69. The number of pyridine rings is 2. The van der Waals surface area contributed by atoms with E-state index in [4.69, 9.17) is 10.5 Å². The lowest BCUT2D eigenvalue weighted by atomic mass is 9.92. The van der Waals surface area contributed by atoms with Gasteiger partial charge in [0.15, 0.2) is 0 Å². The molecule has 0 radical (unpaired) electrons. The number of aliphatic hydroxyl groups is 1. The molecular weight excluding hydrogens is 406 g/mol. The highest BCUT2D eigenvalue weighted by molar-refractivity contribution is 5.94. The second-order valence-electron chi connectivity index (χ2n) is 8.27. The van der Waals surface area contributed by atoms with Gasteiger partial charge in [0.1, 0.15) is 12.4 Å². The Hall–Kier alpha value is -3.23. The smallest absolute Gasteiger partial charge is 0.251 e. The predicted molar refractivity (Wildman–Crippen MR) is 124 cm³/mol. The molecule has 1 aromatic carbocycles. The van der Waals surface area contributed by atoms with Gasteiger partial charge in [0, 0.05) is 60.9 Å². The monoisotopic (exact) mass is 435 g/mol. The Morgan fingerprint density at radius 2 is 2.12 bits per heavy atom. The van der Waals surface area contributed by atoms with E-state index in [0.717, 1.165) is 35.2 Å². The summed E-state index contributed by atoms with van der Waals surface area (Å²) in [5, 5.41) is 15.1. The lowest BCUT2D eigenvalue weighted by Gasteiger charge is -2.41. The number of aryl methyl sites for hydroxylation is 1. The normalized spacial score (nSPS) is 18.5. The van der Waals surface area contributed by atoms with Crippen molar-refractivity contribution in [2.24, 2.45) is 5.73 Å². The number of ether oxygens (including phenoxy) is 1. The quantitative estimate of drug-likeness (QED) is 0.520. The second-order valence-corrected chi connectivity index (χ2v) is 8.27. The highest BCUT2D eigenvalue weighted by Gasteiger charge is 2.34. The molecule has 0 saturated carbocycles. The van der Waals surface area contributed by atoms with Crippen LogP contribution in [0.4, 0.5) is 5.69 Å². The Balaban J connectivity index is 1.43. The van der Waals surface area contributed by atoms with Crippen molar-refractivity contribution >= 4 is 22.5 Å². The fourth-order valence-electron chi connectivity index (χ4n) is 4.13. The minimum Gasteiger partial charge on any atom is -0.492 e. The molecule has 4 rings (SSSR count). The number of piperidine rings is 1. The molecule has 1 atom stereocenters. The zero-order valence-corrected chi connectivity index (χ0v) is 18.3. The van der Waals surface area contributed by atoms with Crippen LogP contribution in [0.15, 0.2) is 48.8 Å². The van der Waals surface area contributed by atoms with Crippen molar-refractivity contribution in [3.05, 3.63) is 60.0 Å². The molecule has 168 valence electrons. The molecule has 32 heavy (non-hydrogen) atoms. The topological polar surface area (TPSA) is 114 Å². The van der Waals surface area contributed by atoms with Crippen molar-refractivity contribution in [3.8, 4) is 5.75 Å². The fraction of sp³-hybridized carbons (Fsp3) is 0.375. The maximum Gasteiger partial charge on any atom is 0.251 e. The Labute approximate surface area is 187 Å². The summed E-state index contributed by atoms with van der Waals surface area (Å²) in [6, 6.07) is 10.8. The van der Waals surface area contributed by atoms with Crippen molar-refractivity contribution in [2.45, 2.75) is 25.4 Å². The van der Waals surface area contributed by atoms with E-state index in [0.29, 0.717) is 37.4 Å². The Morgan fingerprint density at radius 1 is 1.31 bits per heavy atom. The van der Waals surface area contributed by atoms with E-state index in [1.165, 1.54) is 0 Å². The minimum atomic E-state index is -1.02. The molecule has 0 bridgehead atoms. The number of benzene rings is 1. The van der Waals surface area contributed by atoms with Gasteiger partial charge in [-0.1, -0.05) is 0 Å². The molecule has 8 nitrogen and oxygen atoms in total. The summed E-state index contributed by atoms with van der Waals surface area (Å²) < 4.78 is 5.44. The number of carbonyl (C=O) groups is 1. The molecule has 1 unspecified atom stereocenters. The number of carbonyl (C=O) groups excluding carboxylic acids is 1. The van der Waals surface area contributed by atoms with Crippen molar-refractivity contribution in [3.63, 3.8) is 0 Å². The number of nitrogens with two attached hydrogens (primary N) is 1. The van der Waals surface area contributed by atoms with Crippen LogP contribution in [0, 0.1) is 6.92 Å². The molecular formula is C24H29N5O3. The van der Waals surface area contributed by atoms with Gasteiger partial charge < -0.3 is 25.8 Å². The highest BCUT2D eigenvalue weighted by Crippen LogP contribution is 2.31. The maximum absolute atomic E-state index is 12.6. The molecule has 3 heterocycles. The summed E-state index contributed by atoms with van der Waals surface area (Å²) >= 11 is 0. The zero-order valence-electron chi connectivity index (χ0n) is 18.3. The van der Waals surface area contributed by atoms with Crippen LogP contribution >= 0.6 is 0 Å². The fourth-order valence-corrected chi connectivity index (χ4v) is 4.13. The Kier molecular flexibility index (Phi) is 6.53. The number of rotatable bonds is 7. The van der Waals surface area contributed by atoms with Gasteiger partial charge in [-0.3, -0.25) is 14.8 Å². The Bertz CT molecular complexity index is 1090. The molecule has 1 saturated heterocycles. The second kappa shape index (κ2) is 9.50. The van der Waals surface area contributed by atoms with Gasteiger partial charge in [-0.25, -0.2) is 0 Å². The van der Waals surface area contributed by atoms with Gasteiger partial charge in [-0.05, 0) is 56.2 Å². The average molecular weight is 436 g/mol. The number of hydrogen-bond acceptors (Lipinski definition) is 7. The number of β-amino-alcohol motifs (C(OH)–C–C–N with tert-alkyl or cyclic N) is 1. The number of fused-ring (bicyclic) bond motifs is 1. The summed E-state index contributed by atoms with van der Waals surface area (Å²) in [5.41, 5.74) is 7.74. The van der Waals surface area contributed by atoms with Crippen LogP contribution in [0.2, 0.25) is 0 Å². The van der Waals surface area contributed by atoms with Crippen molar-refractivity contribution in [1.29, 1.82) is 0 Å². The van der Waals surface area contributed by atoms with Crippen molar-refractivity contribution in [1.82, 2.24) is 15.3 Å². The van der Waals surface area contributed by atoms with E-state index >= 15 is 0 Å². The molecule has 1 aliphatic rings. The number of nitrogens with zero attached hydrogens (tertiary/aromatic N) is 3. The predicted octanol–water partition coefficient (Wildman–Crippen LogP) is 2.04. The SMILES string of the molecule is Cc1cc(N2CCCC(O)(CNC(=O)c3ccc(OCCN)cc3)C2)c2cnccc2n1. The summed E-state index contributed by atoms with van der Waals surface area (Å²) in [7, 11) is 0. The average Bonchev–Trinajstić information content (AvgIpc) is 2.81. The van der Waals surface area contributed by atoms with Crippen molar-refractivity contribution < 1.29 is 14.6 Å². The van der Waals surface area contributed by atoms with Crippen LogP contribution in [0.3, 0.4) is 0 Å². The number of nitrogens with one attached hydrogen (secondary N) is 1. The molecule has 8 heteroatoms. The van der Waals surface area contributed by atoms with Gasteiger partial charge in [0.05, 0.1) is 11.1 Å². The maximum atomic E-state index is 12.6. The summed E-state index contributed by atoms with van der Waals surface area (Å²) in [6.45, 7) is 4.25. The first kappa shape index (κ1) is 22.0. The van der Waals surface area contributed by atoms with E-state index in [-0.39, 0.29) is 12.5 Å². The van der Waals surface area contributed by atoms with E-state index in [1.807, 2.05) is 25.3 Å². The van der Waals surface area contributed by atoms with E-state index < -0.39 is 5.60 Å². The number of anilines is 1. The van der Waals surface area contributed by atoms with Crippen LogP contribution in [-0.2, 0) is 0 Å². The zero-order chi connectivity index (χ0) is 22.6. The molecule has 3 aromatic rings. The number of hydrogen-bond donors (Lipinski definition) is 3. The van der Waals surface area contributed by atoms with Gasteiger partial charge in [-0.15, -0.1) is 0 Å². The van der Waals surface area contributed by atoms with Crippen LogP contribution in [0.25, 0.3) is 10.9 Å². The third kappa shape index (κ3) is 4.98. The molecule has 1 aliphatic heterocycles. The highest BCUT2D eigenvalue weighted by atomic mass is 16.5. The van der Waals surface area contributed by atoms with Crippen LogP contribution in [0.5, 0.6) is 5.75 Å². The van der Waals surface area contributed by atoms with Crippen molar-refractivity contribution in [2.75, 3.05) is 37.7 Å². The standard InChI is InChI=1S/C24H29N5O3/c1-17-13-22(20-14-26-10-7-21(20)28-17)29-11-2-8-24(31,16-29)15-27-23(30)18-3-5-19(6-4-18)32-12-9-25/h3-7,10,13-14,31H,2,8-9,11-12,15-16,25H2,1H3,(H,27,30). The van der Waals surface area contributed by atoms with E-state index in [1.54, 1.807) is 30.5 Å². The summed E-state index contributed by atoms with van der Waals surface area (Å²) in [6.07, 6.45) is 4.99. The molecule has 1 amide bonds. The number of aromatic nitrogens is 2. The lowest BCUT2D eigenvalue weighted by Crippen LogP contribution is -2.54. The van der Waals surface area contributed by atoms with Crippen LogP contribution in [-0.4, -0.2) is 59.4 Å². The number of amides is 1. The third-order valence-electron chi connectivity index (χ3n) is 5.69.